The predicted octanol–water partition coefficient (Wildman–Crippen LogP) is 7.75. The average Bonchev–Trinajstić information content (AvgIpc) is 2.74. The topological polar surface area (TPSA) is 43.4 Å². The largest absolute Gasteiger partial charge is 0.459 e. The van der Waals surface area contributed by atoms with E-state index in [-0.39, 0.29) is 33.7 Å². The van der Waals surface area contributed by atoms with E-state index in [0.717, 1.165) is 32.1 Å². The minimum absolute atomic E-state index is 0.0909. The van der Waals surface area contributed by atoms with Gasteiger partial charge in [0.2, 0.25) is 0 Å². The van der Waals surface area contributed by atoms with Crippen LogP contribution in [-0.2, 0) is 14.3 Å². The van der Waals surface area contributed by atoms with Crippen LogP contribution in [0.4, 0.5) is 0 Å². The third-order valence-corrected chi connectivity index (χ3v) is 13.6. The van der Waals surface area contributed by atoms with E-state index in [2.05, 4.69) is 48.5 Å². The first-order valence-corrected chi connectivity index (χ1v) is 14.4. The van der Waals surface area contributed by atoms with Gasteiger partial charge in [-0.25, -0.2) is 0 Å². The fraction of sp³-hybridized carbons (Fsp3) is 0.935. The molecule has 5 rings (SSSR count). The smallest absolute Gasteiger partial charge is 0.303 e. The summed E-state index contributed by atoms with van der Waals surface area (Å²) in [6, 6.07) is 0. The molecule has 0 N–H and O–H groups in total. The first kappa shape index (κ1) is 24.8. The maximum atomic E-state index is 12.8. The molecule has 0 radical (unpaired) electrons. The Balaban J connectivity index is 1.56. The lowest BCUT2D eigenvalue weighted by molar-refractivity contribution is -0.277. The fourth-order valence-electron chi connectivity index (χ4n) is 11.2. The molecule has 5 fully saturated rings. The van der Waals surface area contributed by atoms with Gasteiger partial charge >= 0.3 is 5.97 Å². The van der Waals surface area contributed by atoms with Crippen molar-refractivity contribution < 1.29 is 14.3 Å². The van der Waals surface area contributed by atoms with Crippen molar-refractivity contribution in [3.8, 4) is 0 Å². The van der Waals surface area contributed by atoms with E-state index in [0.29, 0.717) is 34.4 Å². The molecular formula is C31H50O3. The number of fused-ring (bicyclic) bond motifs is 7. The zero-order valence-electron chi connectivity index (χ0n) is 23.3. The number of Topliss-reactive ketones (excluding diaryl/α,β-unsaturated/α-hetero) is 1. The van der Waals surface area contributed by atoms with Crippen LogP contribution < -0.4 is 0 Å². The van der Waals surface area contributed by atoms with Gasteiger partial charge in [0.1, 0.15) is 11.4 Å². The summed E-state index contributed by atoms with van der Waals surface area (Å²) in [6.45, 7) is 19.0. The van der Waals surface area contributed by atoms with Crippen LogP contribution in [0.5, 0.6) is 0 Å². The summed E-state index contributed by atoms with van der Waals surface area (Å²) in [6.07, 6.45) is 12.4. The summed E-state index contributed by atoms with van der Waals surface area (Å²) < 4.78 is 6.35. The van der Waals surface area contributed by atoms with Gasteiger partial charge in [-0.05, 0) is 103 Å². The van der Waals surface area contributed by atoms with E-state index in [9.17, 15) is 9.59 Å². The Morgan fingerprint density at radius 2 is 1.38 bits per heavy atom. The van der Waals surface area contributed by atoms with E-state index in [1.54, 1.807) is 6.92 Å². The minimum atomic E-state index is -0.266. The van der Waals surface area contributed by atoms with E-state index >= 15 is 0 Å². The number of ketones is 1. The van der Waals surface area contributed by atoms with E-state index in [1.165, 1.54) is 38.5 Å². The average molecular weight is 471 g/mol. The van der Waals surface area contributed by atoms with Crippen LogP contribution in [0, 0.1) is 50.7 Å². The molecule has 3 heteroatoms. The summed E-state index contributed by atoms with van der Waals surface area (Å²) in [4.78, 5) is 25.1. The van der Waals surface area contributed by atoms with Gasteiger partial charge in [-0.15, -0.1) is 0 Å². The third-order valence-electron chi connectivity index (χ3n) is 13.6. The SMILES string of the molecule is CC(=O)OC12CCC(C)(C)CC1C1(C)CCC3(C)C4CCC(=O)C(C)C4(C)CCC3C1(C)CC2. The van der Waals surface area contributed by atoms with Crippen molar-refractivity contribution in [1.82, 2.24) is 0 Å². The van der Waals surface area contributed by atoms with Gasteiger partial charge in [0.15, 0.2) is 0 Å². The van der Waals surface area contributed by atoms with Crippen LogP contribution in [0.25, 0.3) is 0 Å². The molecule has 34 heavy (non-hydrogen) atoms. The van der Waals surface area contributed by atoms with Gasteiger partial charge in [-0.2, -0.15) is 0 Å². The molecule has 9 unspecified atom stereocenters. The van der Waals surface area contributed by atoms with Crippen LogP contribution in [0.1, 0.15) is 126 Å². The predicted molar refractivity (Wildman–Crippen MR) is 136 cm³/mol. The van der Waals surface area contributed by atoms with Crippen LogP contribution >= 0.6 is 0 Å². The first-order chi connectivity index (χ1) is 15.6. The monoisotopic (exact) mass is 470 g/mol. The maximum absolute atomic E-state index is 12.8. The summed E-state index contributed by atoms with van der Waals surface area (Å²) in [5.41, 5.74) is 0.953. The highest BCUT2D eigenvalue weighted by Crippen LogP contribution is 2.77. The van der Waals surface area contributed by atoms with Crippen molar-refractivity contribution in [2.75, 3.05) is 0 Å². The second kappa shape index (κ2) is 7.34. The van der Waals surface area contributed by atoms with Crippen molar-refractivity contribution >= 4 is 11.8 Å². The van der Waals surface area contributed by atoms with Crippen molar-refractivity contribution in [3.05, 3.63) is 0 Å². The minimum Gasteiger partial charge on any atom is -0.459 e. The molecule has 0 amide bonds. The summed E-state index contributed by atoms with van der Waals surface area (Å²) in [5.74, 6) is 2.39. The molecule has 0 spiro atoms. The molecule has 0 aromatic rings. The molecule has 0 aliphatic heterocycles. The summed E-state index contributed by atoms with van der Waals surface area (Å²) >= 11 is 0. The first-order valence-electron chi connectivity index (χ1n) is 14.4. The number of carbonyl (C=O) groups excluding carboxylic acids is 2. The van der Waals surface area contributed by atoms with Gasteiger partial charge in [-0.1, -0.05) is 48.5 Å². The van der Waals surface area contributed by atoms with Crippen LogP contribution in [0.2, 0.25) is 0 Å². The number of esters is 1. The molecule has 5 aliphatic rings. The Labute approximate surface area is 208 Å². The number of carbonyl (C=O) groups is 2. The molecule has 0 aromatic heterocycles. The zero-order chi connectivity index (χ0) is 24.9. The molecule has 3 nitrogen and oxygen atoms in total. The highest BCUT2D eigenvalue weighted by atomic mass is 16.6. The summed E-state index contributed by atoms with van der Waals surface area (Å²) in [5, 5.41) is 0. The molecular weight excluding hydrogens is 420 g/mol. The molecule has 0 saturated heterocycles. The molecule has 0 bridgehead atoms. The van der Waals surface area contributed by atoms with E-state index in [4.69, 9.17) is 4.74 Å². The second-order valence-corrected chi connectivity index (χ2v) is 15.3. The van der Waals surface area contributed by atoms with Crippen LogP contribution in [0.3, 0.4) is 0 Å². The van der Waals surface area contributed by atoms with Crippen molar-refractivity contribution in [2.24, 2.45) is 50.7 Å². The Morgan fingerprint density at radius 3 is 2.06 bits per heavy atom. The van der Waals surface area contributed by atoms with Gasteiger partial charge < -0.3 is 4.74 Å². The lowest BCUT2D eigenvalue weighted by Crippen LogP contribution is -2.70. The lowest BCUT2D eigenvalue weighted by atomic mass is 9.31. The van der Waals surface area contributed by atoms with Crippen molar-refractivity contribution in [1.29, 1.82) is 0 Å². The highest BCUT2D eigenvalue weighted by Gasteiger charge is 2.72. The molecule has 5 aliphatic carbocycles. The molecule has 192 valence electrons. The standard InChI is InChI=1S/C31H50O3/c1-20-22(33)9-10-23-27(20,5)12-11-24-28(23,6)14-15-30(8)25-19-26(3,4)13-17-31(25,34-21(2)32)18-16-29(24,30)7/h20,23-25H,9-19H2,1-8H3. The zero-order valence-corrected chi connectivity index (χ0v) is 23.3. The van der Waals surface area contributed by atoms with E-state index in [1.807, 2.05) is 0 Å². The summed E-state index contributed by atoms with van der Waals surface area (Å²) in [7, 11) is 0. The Kier molecular flexibility index (Phi) is 5.36. The Morgan fingerprint density at radius 1 is 0.765 bits per heavy atom. The lowest BCUT2D eigenvalue weighted by Gasteiger charge is -2.74. The molecule has 0 aromatic carbocycles. The molecule has 9 atom stereocenters. The number of ether oxygens (including phenoxy) is 1. The van der Waals surface area contributed by atoms with Gasteiger partial charge in [-0.3, -0.25) is 9.59 Å². The van der Waals surface area contributed by atoms with Crippen LogP contribution in [-0.4, -0.2) is 17.4 Å². The normalized spacial score (nSPS) is 54.2. The molecule has 0 heterocycles. The van der Waals surface area contributed by atoms with Gasteiger partial charge in [0.25, 0.3) is 0 Å². The highest BCUT2D eigenvalue weighted by molar-refractivity contribution is 5.82. The quantitative estimate of drug-likeness (QED) is 0.368. The number of hydrogen-bond donors (Lipinski definition) is 0. The van der Waals surface area contributed by atoms with E-state index < -0.39 is 0 Å². The molecule has 5 saturated carbocycles. The Bertz CT molecular complexity index is 891. The van der Waals surface area contributed by atoms with Crippen LogP contribution in [0.15, 0.2) is 0 Å². The third kappa shape index (κ3) is 3.06. The number of hydrogen-bond acceptors (Lipinski definition) is 3. The maximum Gasteiger partial charge on any atom is 0.303 e. The van der Waals surface area contributed by atoms with Gasteiger partial charge in [0, 0.05) is 25.2 Å². The van der Waals surface area contributed by atoms with Crippen molar-refractivity contribution in [2.45, 2.75) is 132 Å². The number of rotatable bonds is 1. The van der Waals surface area contributed by atoms with Crippen molar-refractivity contribution in [3.63, 3.8) is 0 Å². The Hall–Kier alpha value is -0.860. The fourth-order valence-corrected chi connectivity index (χ4v) is 11.2. The van der Waals surface area contributed by atoms with Gasteiger partial charge in [0.05, 0.1) is 0 Å². The second-order valence-electron chi connectivity index (χ2n) is 15.3.